The van der Waals surface area contributed by atoms with Gasteiger partial charge >= 0.3 is 0 Å². The zero-order valence-corrected chi connectivity index (χ0v) is 15.6. The summed E-state index contributed by atoms with van der Waals surface area (Å²) in [6, 6.07) is 11.0. The van der Waals surface area contributed by atoms with E-state index in [1.54, 1.807) is 7.05 Å². The topological polar surface area (TPSA) is 43.3 Å². The molecule has 130 valence electrons. The van der Waals surface area contributed by atoms with Crippen LogP contribution in [0.3, 0.4) is 0 Å². The van der Waals surface area contributed by atoms with Gasteiger partial charge < -0.3 is 14.6 Å². The van der Waals surface area contributed by atoms with Crippen molar-refractivity contribution in [2.75, 3.05) is 7.05 Å². The molecule has 6 heteroatoms. The average molecular weight is 405 g/mol. The van der Waals surface area contributed by atoms with Crippen molar-refractivity contribution >= 4 is 32.7 Å². The summed E-state index contributed by atoms with van der Waals surface area (Å²) < 4.78 is 22.9. The number of benzene rings is 2. The van der Waals surface area contributed by atoms with Gasteiger partial charge in [0.25, 0.3) is 0 Å². The molecule has 0 unspecified atom stereocenters. The van der Waals surface area contributed by atoms with Crippen LogP contribution in [0, 0.1) is 5.82 Å². The number of hydrogen-bond donors (Lipinski definition) is 1. The van der Waals surface area contributed by atoms with E-state index in [0.717, 1.165) is 16.6 Å². The summed E-state index contributed by atoms with van der Waals surface area (Å²) in [5, 5.41) is 3.22. The number of aromatic nitrogens is 1. The number of carbonyl (C=O) groups excluding carboxylic acids is 1. The predicted molar refractivity (Wildman–Crippen MR) is 99.1 cm³/mol. The van der Waals surface area contributed by atoms with Crippen LogP contribution in [0.2, 0.25) is 0 Å². The molecule has 25 heavy (non-hydrogen) atoms. The number of amides is 1. The first kappa shape index (κ1) is 17.5. The highest BCUT2D eigenvalue weighted by Crippen LogP contribution is 2.38. The van der Waals surface area contributed by atoms with Gasteiger partial charge in [-0.3, -0.25) is 4.79 Å². The highest BCUT2D eigenvalue weighted by Gasteiger charge is 2.20. The lowest BCUT2D eigenvalue weighted by Crippen LogP contribution is -2.19. The molecular weight excluding hydrogens is 387 g/mol. The Bertz CT molecular complexity index is 922. The molecule has 0 aliphatic rings. The van der Waals surface area contributed by atoms with E-state index in [2.05, 4.69) is 21.2 Å². The van der Waals surface area contributed by atoms with Gasteiger partial charge in [-0.05, 0) is 33.1 Å². The Morgan fingerprint density at radius 2 is 2.04 bits per heavy atom. The van der Waals surface area contributed by atoms with Crippen LogP contribution in [0.25, 0.3) is 10.9 Å². The minimum absolute atomic E-state index is 0.137. The molecule has 0 atom stereocenters. The van der Waals surface area contributed by atoms with Crippen molar-refractivity contribution in [3.63, 3.8) is 0 Å². The molecule has 1 heterocycles. The van der Waals surface area contributed by atoms with Crippen LogP contribution >= 0.6 is 15.9 Å². The number of carbonyl (C=O) groups is 1. The third-order valence-electron chi connectivity index (χ3n) is 4.04. The van der Waals surface area contributed by atoms with Crippen molar-refractivity contribution < 1.29 is 13.9 Å². The van der Waals surface area contributed by atoms with E-state index in [4.69, 9.17) is 4.74 Å². The van der Waals surface area contributed by atoms with E-state index < -0.39 is 5.82 Å². The maximum atomic E-state index is 14.6. The van der Waals surface area contributed by atoms with E-state index in [-0.39, 0.29) is 24.7 Å². The molecule has 0 saturated heterocycles. The smallest absolute Gasteiger partial charge is 0.224 e. The number of likely N-dealkylation sites (N-methyl/N-ethyl adjacent to an activating group) is 1. The van der Waals surface area contributed by atoms with Gasteiger partial charge in [-0.25, -0.2) is 4.39 Å². The lowest BCUT2D eigenvalue weighted by atomic mass is 10.1. The largest absolute Gasteiger partial charge is 0.485 e. The molecular formula is C19H18BrFN2O2. The Labute approximate surface area is 153 Å². The molecule has 0 fully saturated rings. The number of rotatable bonds is 5. The standard InChI is InChI=1S/C19H18BrFN2O2/c1-22-16(24)8-13-10-23(2)18-14(20)9-15(21)19(17(13)18)25-11-12-6-4-3-5-7-12/h3-7,9-10H,8,11H2,1-2H3,(H,22,24). The number of nitrogens with zero attached hydrogens (tertiary/aromatic N) is 1. The molecule has 3 rings (SSSR count). The first-order valence-electron chi connectivity index (χ1n) is 7.84. The van der Waals surface area contributed by atoms with Crippen molar-refractivity contribution in [1.29, 1.82) is 0 Å². The van der Waals surface area contributed by atoms with Gasteiger partial charge in [0.2, 0.25) is 5.91 Å². The number of halogens is 2. The summed E-state index contributed by atoms with van der Waals surface area (Å²) in [5.74, 6) is -0.428. The minimum atomic E-state index is -0.459. The van der Waals surface area contributed by atoms with Gasteiger partial charge in [0.15, 0.2) is 11.6 Å². The summed E-state index contributed by atoms with van der Waals surface area (Å²) >= 11 is 3.41. The van der Waals surface area contributed by atoms with Crippen molar-refractivity contribution in [2.24, 2.45) is 7.05 Å². The van der Waals surface area contributed by atoms with E-state index >= 15 is 0 Å². The molecule has 2 aromatic carbocycles. The summed E-state index contributed by atoms with van der Waals surface area (Å²) in [7, 11) is 3.44. The first-order valence-corrected chi connectivity index (χ1v) is 8.63. The Balaban J connectivity index is 2.08. The van der Waals surface area contributed by atoms with Crippen LogP contribution in [0.4, 0.5) is 4.39 Å². The number of aryl methyl sites for hydroxylation is 1. The van der Waals surface area contributed by atoms with Gasteiger partial charge in [0.05, 0.1) is 11.9 Å². The van der Waals surface area contributed by atoms with Gasteiger partial charge in [-0.15, -0.1) is 0 Å². The molecule has 0 bridgehead atoms. The van der Waals surface area contributed by atoms with Gasteiger partial charge in [0, 0.05) is 30.2 Å². The molecule has 1 N–H and O–H groups in total. The summed E-state index contributed by atoms with van der Waals surface area (Å²) in [5.41, 5.74) is 2.46. The van der Waals surface area contributed by atoms with Gasteiger partial charge in [0.1, 0.15) is 6.61 Å². The van der Waals surface area contributed by atoms with E-state index in [1.807, 2.05) is 48.1 Å². The van der Waals surface area contributed by atoms with Crippen LogP contribution in [0.1, 0.15) is 11.1 Å². The molecule has 3 aromatic rings. The second-order valence-corrected chi connectivity index (χ2v) is 6.64. The number of fused-ring (bicyclic) bond motifs is 1. The fourth-order valence-electron chi connectivity index (χ4n) is 2.86. The molecule has 0 aliphatic heterocycles. The van der Waals surface area contributed by atoms with Gasteiger partial charge in [-0.1, -0.05) is 30.3 Å². The molecule has 0 aliphatic carbocycles. The second kappa shape index (κ2) is 7.27. The van der Waals surface area contributed by atoms with Crippen molar-refractivity contribution in [2.45, 2.75) is 13.0 Å². The first-order chi connectivity index (χ1) is 12.0. The normalized spacial score (nSPS) is 10.9. The number of hydrogen-bond acceptors (Lipinski definition) is 2. The maximum absolute atomic E-state index is 14.6. The second-order valence-electron chi connectivity index (χ2n) is 5.78. The van der Waals surface area contributed by atoms with Crippen molar-refractivity contribution in [3.8, 4) is 5.75 Å². The molecule has 0 saturated carbocycles. The maximum Gasteiger partial charge on any atom is 0.224 e. The average Bonchev–Trinajstić information content (AvgIpc) is 2.92. The lowest BCUT2D eigenvalue weighted by molar-refractivity contribution is -0.119. The Kier molecular flexibility index (Phi) is 5.08. The summed E-state index contributed by atoms with van der Waals surface area (Å²) in [6.07, 6.45) is 1.99. The summed E-state index contributed by atoms with van der Waals surface area (Å²) in [6.45, 7) is 0.253. The molecule has 1 aromatic heterocycles. The van der Waals surface area contributed by atoms with Crippen LogP contribution in [0.15, 0.2) is 47.1 Å². The van der Waals surface area contributed by atoms with Crippen LogP contribution in [0.5, 0.6) is 5.75 Å². The molecule has 0 radical (unpaired) electrons. The van der Waals surface area contributed by atoms with Crippen LogP contribution in [-0.2, 0) is 24.9 Å². The fraction of sp³-hybridized carbons (Fsp3) is 0.211. The predicted octanol–water partition coefficient (Wildman–Crippen LogP) is 3.95. The van der Waals surface area contributed by atoms with Crippen molar-refractivity contribution in [1.82, 2.24) is 9.88 Å². The number of nitrogens with one attached hydrogen (secondary N) is 1. The highest BCUT2D eigenvalue weighted by molar-refractivity contribution is 9.10. The Hall–Kier alpha value is -2.34. The number of ether oxygens (including phenoxy) is 1. The van der Waals surface area contributed by atoms with Crippen LogP contribution in [-0.4, -0.2) is 17.5 Å². The van der Waals surface area contributed by atoms with E-state index in [1.165, 1.54) is 6.07 Å². The van der Waals surface area contributed by atoms with Crippen molar-refractivity contribution in [3.05, 3.63) is 64.0 Å². The molecule has 4 nitrogen and oxygen atoms in total. The SMILES string of the molecule is CNC(=O)Cc1cn(C)c2c(Br)cc(F)c(OCc3ccccc3)c12. The zero-order valence-electron chi connectivity index (χ0n) is 14.0. The third-order valence-corrected chi connectivity index (χ3v) is 4.64. The molecule has 1 amide bonds. The van der Waals surface area contributed by atoms with Gasteiger partial charge in [-0.2, -0.15) is 0 Å². The third kappa shape index (κ3) is 3.54. The fourth-order valence-corrected chi connectivity index (χ4v) is 3.54. The lowest BCUT2D eigenvalue weighted by Gasteiger charge is -2.12. The minimum Gasteiger partial charge on any atom is -0.485 e. The quantitative estimate of drug-likeness (QED) is 0.699. The highest BCUT2D eigenvalue weighted by atomic mass is 79.9. The van der Waals surface area contributed by atoms with Crippen LogP contribution < -0.4 is 10.1 Å². The van der Waals surface area contributed by atoms with E-state index in [0.29, 0.717) is 9.86 Å². The monoisotopic (exact) mass is 404 g/mol. The zero-order chi connectivity index (χ0) is 18.0. The Morgan fingerprint density at radius 3 is 2.72 bits per heavy atom. The molecule has 0 spiro atoms. The summed E-state index contributed by atoms with van der Waals surface area (Å²) in [4.78, 5) is 11.8. The Morgan fingerprint density at radius 1 is 1.32 bits per heavy atom. The van der Waals surface area contributed by atoms with E-state index in [9.17, 15) is 9.18 Å².